The molecule has 120 valence electrons. The molecule has 1 N–H and O–H groups in total. The van der Waals surface area contributed by atoms with E-state index in [2.05, 4.69) is 4.72 Å². The number of allylic oxidation sites excluding steroid dienone is 1. The molecule has 0 radical (unpaired) electrons. The summed E-state index contributed by atoms with van der Waals surface area (Å²) in [5, 5.41) is 0. The monoisotopic (exact) mass is 331 g/mol. The Morgan fingerprint density at radius 3 is 2.43 bits per heavy atom. The largest absolute Gasteiger partial charge is 0.497 e. The van der Waals surface area contributed by atoms with E-state index in [4.69, 9.17) is 4.74 Å². The van der Waals surface area contributed by atoms with E-state index in [0.717, 1.165) is 17.6 Å². The summed E-state index contributed by atoms with van der Waals surface area (Å²) < 4.78 is 29.9. The Morgan fingerprint density at radius 1 is 1.13 bits per heavy atom. The minimum absolute atomic E-state index is 0.210. The van der Waals surface area contributed by atoms with Gasteiger partial charge < -0.3 is 4.74 Å². The van der Waals surface area contributed by atoms with E-state index >= 15 is 0 Å². The molecule has 23 heavy (non-hydrogen) atoms. The molecular formula is C17H17NO4S. The number of ether oxygens (including phenoxy) is 1. The average Bonchev–Trinajstić information content (AvgIpc) is 2.51. The number of sulfonamides is 1. The SMILES string of the molecule is COc1ccc(C=CC(=O)c2cccc(NS(C)(=O)=O)c2)cc1. The molecule has 0 unspecified atom stereocenters. The molecule has 0 aliphatic carbocycles. The van der Waals surface area contributed by atoms with E-state index < -0.39 is 10.0 Å². The fourth-order valence-electron chi connectivity index (χ4n) is 1.93. The number of hydrogen-bond donors (Lipinski definition) is 1. The van der Waals surface area contributed by atoms with Gasteiger partial charge in [-0.1, -0.05) is 30.3 Å². The highest BCUT2D eigenvalue weighted by atomic mass is 32.2. The second kappa shape index (κ2) is 7.11. The Hall–Kier alpha value is -2.60. The lowest BCUT2D eigenvalue weighted by Crippen LogP contribution is -2.10. The number of nitrogens with one attached hydrogen (secondary N) is 1. The van der Waals surface area contributed by atoms with Gasteiger partial charge in [0.25, 0.3) is 0 Å². The third-order valence-electron chi connectivity index (χ3n) is 2.99. The first-order chi connectivity index (χ1) is 10.9. The van der Waals surface area contributed by atoms with Gasteiger partial charge in [-0.05, 0) is 35.9 Å². The van der Waals surface area contributed by atoms with E-state index in [1.165, 1.54) is 12.1 Å². The van der Waals surface area contributed by atoms with Crippen LogP contribution in [0.2, 0.25) is 0 Å². The first kappa shape index (κ1) is 16.8. The van der Waals surface area contributed by atoms with Crippen LogP contribution in [0.3, 0.4) is 0 Å². The van der Waals surface area contributed by atoms with Crippen LogP contribution < -0.4 is 9.46 Å². The van der Waals surface area contributed by atoms with Crippen LogP contribution in [-0.4, -0.2) is 27.6 Å². The van der Waals surface area contributed by atoms with E-state index in [1.807, 2.05) is 12.1 Å². The van der Waals surface area contributed by atoms with Crippen molar-refractivity contribution >= 4 is 27.6 Å². The van der Waals surface area contributed by atoms with Crippen molar-refractivity contribution in [2.24, 2.45) is 0 Å². The van der Waals surface area contributed by atoms with Gasteiger partial charge in [-0.3, -0.25) is 9.52 Å². The number of hydrogen-bond acceptors (Lipinski definition) is 4. The quantitative estimate of drug-likeness (QED) is 0.652. The van der Waals surface area contributed by atoms with Crippen LogP contribution in [0.1, 0.15) is 15.9 Å². The van der Waals surface area contributed by atoms with Crippen molar-refractivity contribution in [3.8, 4) is 5.75 Å². The van der Waals surface area contributed by atoms with E-state index in [0.29, 0.717) is 11.3 Å². The maximum absolute atomic E-state index is 12.2. The van der Waals surface area contributed by atoms with Gasteiger partial charge in [-0.2, -0.15) is 0 Å². The molecule has 2 rings (SSSR count). The lowest BCUT2D eigenvalue weighted by atomic mass is 10.1. The van der Waals surface area contributed by atoms with Crippen molar-refractivity contribution in [1.29, 1.82) is 0 Å². The third-order valence-corrected chi connectivity index (χ3v) is 3.60. The minimum Gasteiger partial charge on any atom is -0.497 e. The van der Waals surface area contributed by atoms with Crippen molar-refractivity contribution in [3.63, 3.8) is 0 Å². The zero-order valence-corrected chi connectivity index (χ0v) is 13.6. The number of carbonyl (C=O) groups is 1. The highest BCUT2D eigenvalue weighted by Crippen LogP contribution is 2.15. The normalized spacial score (nSPS) is 11.4. The molecule has 0 heterocycles. The molecule has 0 bridgehead atoms. The lowest BCUT2D eigenvalue weighted by molar-refractivity contribution is 0.104. The predicted molar refractivity (Wildman–Crippen MR) is 91.3 cm³/mol. The summed E-state index contributed by atoms with van der Waals surface area (Å²) in [5.74, 6) is 0.533. The minimum atomic E-state index is -3.37. The van der Waals surface area contributed by atoms with E-state index in [1.54, 1.807) is 43.5 Å². The van der Waals surface area contributed by atoms with Crippen LogP contribution in [-0.2, 0) is 10.0 Å². The third kappa shape index (κ3) is 5.27. The molecule has 0 saturated carbocycles. The topological polar surface area (TPSA) is 72.5 Å². The van der Waals surface area contributed by atoms with Gasteiger partial charge in [0.2, 0.25) is 10.0 Å². The molecule has 2 aromatic carbocycles. The second-order valence-corrected chi connectivity index (χ2v) is 6.67. The number of carbonyl (C=O) groups excluding carboxylic acids is 1. The van der Waals surface area contributed by atoms with Crippen molar-refractivity contribution in [2.75, 3.05) is 18.1 Å². The number of ketones is 1. The predicted octanol–water partition coefficient (Wildman–Crippen LogP) is 2.96. The van der Waals surface area contributed by atoms with Crippen molar-refractivity contribution in [1.82, 2.24) is 0 Å². The zero-order chi connectivity index (χ0) is 16.9. The van der Waals surface area contributed by atoms with Gasteiger partial charge in [0.05, 0.1) is 13.4 Å². The van der Waals surface area contributed by atoms with Crippen LogP contribution in [0.25, 0.3) is 6.08 Å². The first-order valence-electron chi connectivity index (χ1n) is 6.82. The Morgan fingerprint density at radius 2 is 1.83 bits per heavy atom. The number of anilines is 1. The van der Waals surface area contributed by atoms with Gasteiger partial charge >= 0.3 is 0 Å². The van der Waals surface area contributed by atoms with Gasteiger partial charge in [0.15, 0.2) is 5.78 Å². The Balaban J connectivity index is 2.13. The van der Waals surface area contributed by atoms with Crippen LogP contribution in [0.4, 0.5) is 5.69 Å². The maximum atomic E-state index is 12.2. The fraction of sp³-hybridized carbons (Fsp3) is 0.118. The molecule has 0 aliphatic heterocycles. The maximum Gasteiger partial charge on any atom is 0.229 e. The fourth-order valence-corrected chi connectivity index (χ4v) is 2.49. The average molecular weight is 331 g/mol. The summed E-state index contributed by atoms with van der Waals surface area (Å²) in [6.45, 7) is 0. The molecule has 2 aromatic rings. The second-order valence-electron chi connectivity index (χ2n) is 4.93. The molecule has 0 spiro atoms. The van der Waals surface area contributed by atoms with Crippen molar-refractivity contribution in [2.45, 2.75) is 0 Å². The van der Waals surface area contributed by atoms with Crippen molar-refractivity contribution in [3.05, 3.63) is 65.7 Å². The molecule has 6 heteroatoms. The Labute approximate surface area is 135 Å². The Kier molecular flexibility index (Phi) is 5.18. The van der Waals surface area contributed by atoms with Crippen LogP contribution >= 0.6 is 0 Å². The first-order valence-corrected chi connectivity index (χ1v) is 8.71. The smallest absolute Gasteiger partial charge is 0.229 e. The molecule has 0 aromatic heterocycles. The molecule has 0 saturated heterocycles. The summed E-state index contributed by atoms with van der Waals surface area (Å²) in [6, 6.07) is 13.6. The molecule has 0 amide bonds. The van der Waals surface area contributed by atoms with Crippen molar-refractivity contribution < 1.29 is 17.9 Å². The number of methoxy groups -OCH3 is 1. The number of rotatable bonds is 6. The summed E-state index contributed by atoms with van der Waals surface area (Å²) in [7, 11) is -1.78. The molecule has 0 aliphatic rings. The molecule has 0 atom stereocenters. The van der Waals surface area contributed by atoms with E-state index in [9.17, 15) is 13.2 Å². The molecule has 0 fully saturated rings. The van der Waals surface area contributed by atoms with Gasteiger partial charge in [-0.15, -0.1) is 0 Å². The highest BCUT2D eigenvalue weighted by Gasteiger charge is 2.06. The van der Waals surface area contributed by atoms with Gasteiger partial charge in [0.1, 0.15) is 5.75 Å². The van der Waals surface area contributed by atoms with E-state index in [-0.39, 0.29) is 5.78 Å². The van der Waals surface area contributed by atoms with Gasteiger partial charge in [-0.25, -0.2) is 8.42 Å². The summed E-state index contributed by atoms with van der Waals surface area (Å²) >= 11 is 0. The highest BCUT2D eigenvalue weighted by molar-refractivity contribution is 7.92. The standard InChI is InChI=1S/C17H17NO4S/c1-22-16-9-6-13(7-10-16)8-11-17(19)14-4-3-5-15(12-14)18-23(2,20)21/h3-12,18H,1-2H3. The number of benzene rings is 2. The molecular weight excluding hydrogens is 314 g/mol. The van der Waals surface area contributed by atoms with Crippen LogP contribution in [0.5, 0.6) is 5.75 Å². The summed E-state index contributed by atoms with van der Waals surface area (Å²) in [6.07, 6.45) is 4.20. The Bertz CT molecular complexity index is 824. The summed E-state index contributed by atoms with van der Waals surface area (Å²) in [5.41, 5.74) is 1.63. The van der Waals surface area contributed by atoms with Crippen LogP contribution in [0, 0.1) is 0 Å². The summed E-state index contributed by atoms with van der Waals surface area (Å²) in [4.78, 5) is 12.2. The molecule has 5 nitrogen and oxygen atoms in total. The lowest BCUT2D eigenvalue weighted by Gasteiger charge is -2.04. The van der Waals surface area contributed by atoms with Crippen LogP contribution in [0.15, 0.2) is 54.6 Å². The van der Waals surface area contributed by atoms with Gasteiger partial charge in [0, 0.05) is 11.3 Å². The zero-order valence-electron chi connectivity index (χ0n) is 12.8.